The number of aromatic nitrogens is 2. The Morgan fingerprint density at radius 3 is 3.00 bits per heavy atom. The minimum Gasteiger partial charge on any atom is -0.393 e. The van der Waals surface area contributed by atoms with Gasteiger partial charge in [-0.25, -0.2) is 9.97 Å². The van der Waals surface area contributed by atoms with Gasteiger partial charge in [0.25, 0.3) is 0 Å². The number of hydrogen-bond acceptors (Lipinski definition) is 5. The number of anilines is 4. The van der Waals surface area contributed by atoms with Crippen molar-refractivity contribution in [1.82, 2.24) is 9.97 Å². The Labute approximate surface area is 118 Å². The standard InChI is InChI=1S/C15H19N5/c1-2-17-14-13(16)15(19-10-18-14)20-9-5-7-11-6-3-4-8-12(11)20/h3-4,6,8,10H,2,5,7,9,16H2,1H3,(H,17,18,19). The van der Waals surface area contributed by atoms with E-state index < -0.39 is 0 Å². The van der Waals surface area contributed by atoms with Gasteiger partial charge in [0.15, 0.2) is 11.6 Å². The molecule has 1 aliphatic heterocycles. The molecular weight excluding hydrogens is 250 g/mol. The summed E-state index contributed by atoms with van der Waals surface area (Å²) in [4.78, 5) is 10.8. The first-order valence-electron chi connectivity index (χ1n) is 7.01. The van der Waals surface area contributed by atoms with Gasteiger partial charge in [-0.05, 0) is 31.4 Å². The molecule has 2 aromatic rings. The van der Waals surface area contributed by atoms with E-state index in [1.165, 1.54) is 11.3 Å². The van der Waals surface area contributed by atoms with Gasteiger partial charge in [-0.2, -0.15) is 0 Å². The Hall–Kier alpha value is -2.30. The van der Waals surface area contributed by atoms with Crippen molar-refractivity contribution in [3.63, 3.8) is 0 Å². The van der Waals surface area contributed by atoms with E-state index >= 15 is 0 Å². The molecule has 0 unspecified atom stereocenters. The van der Waals surface area contributed by atoms with Crippen LogP contribution < -0.4 is 16.0 Å². The molecule has 20 heavy (non-hydrogen) atoms. The summed E-state index contributed by atoms with van der Waals surface area (Å²) in [5.74, 6) is 1.50. The van der Waals surface area contributed by atoms with Crippen molar-refractivity contribution in [2.45, 2.75) is 19.8 Å². The second kappa shape index (κ2) is 5.36. The van der Waals surface area contributed by atoms with E-state index in [4.69, 9.17) is 5.73 Å². The van der Waals surface area contributed by atoms with Crippen LogP contribution in [0.4, 0.5) is 23.0 Å². The van der Waals surface area contributed by atoms with Crippen LogP contribution in [-0.2, 0) is 6.42 Å². The summed E-state index contributed by atoms with van der Waals surface area (Å²) < 4.78 is 0. The Balaban J connectivity index is 2.04. The molecule has 0 amide bonds. The summed E-state index contributed by atoms with van der Waals surface area (Å²) in [6.07, 6.45) is 3.79. The molecule has 5 nitrogen and oxygen atoms in total. The molecule has 1 aromatic carbocycles. The normalized spacial score (nSPS) is 13.9. The molecule has 0 atom stereocenters. The van der Waals surface area contributed by atoms with E-state index in [0.717, 1.165) is 31.7 Å². The summed E-state index contributed by atoms with van der Waals surface area (Å²) in [6, 6.07) is 8.43. The number of aryl methyl sites for hydroxylation is 1. The van der Waals surface area contributed by atoms with Crippen LogP contribution in [0.3, 0.4) is 0 Å². The lowest BCUT2D eigenvalue weighted by Crippen LogP contribution is -2.26. The molecular formula is C15H19N5. The van der Waals surface area contributed by atoms with E-state index in [1.54, 1.807) is 6.33 Å². The highest BCUT2D eigenvalue weighted by Crippen LogP contribution is 2.36. The van der Waals surface area contributed by atoms with Crippen LogP contribution in [-0.4, -0.2) is 23.1 Å². The molecule has 1 aliphatic rings. The van der Waals surface area contributed by atoms with Gasteiger partial charge in [0.2, 0.25) is 0 Å². The van der Waals surface area contributed by atoms with Gasteiger partial charge in [0, 0.05) is 18.8 Å². The molecule has 0 saturated heterocycles. The van der Waals surface area contributed by atoms with Crippen LogP contribution >= 0.6 is 0 Å². The van der Waals surface area contributed by atoms with Gasteiger partial charge >= 0.3 is 0 Å². The van der Waals surface area contributed by atoms with Crippen molar-refractivity contribution in [3.05, 3.63) is 36.2 Å². The predicted octanol–water partition coefficient (Wildman–Crippen LogP) is 2.57. The summed E-state index contributed by atoms with van der Waals surface area (Å²) in [7, 11) is 0. The quantitative estimate of drug-likeness (QED) is 0.896. The number of nitrogen functional groups attached to an aromatic ring is 1. The highest BCUT2D eigenvalue weighted by molar-refractivity contribution is 5.80. The van der Waals surface area contributed by atoms with Gasteiger partial charge < -0.3 is 16.0 Å². The first-order chi connectivity index (χ1) is 9.81. The first-order valence-corrected chi connectivity index (χ1v) is 7.01. The summed E-state index contributed by atoms with van der Waals surface area (Å²) in [5, 5.41) is 3.18. The largest absolute Gasteiger partial charge is 0.393 e. The fraction of sp³-hybridized carbons (Fsp3) is 0.333. The second-order valence-electron chi connectivity index (χ2n) is 4.87. The number of hydrogen-bond donors (Lipinski definition) is 2. The lowest BCUT2D eigenvalue weighted by atomic mass is 10.0. The van der Waals surface area contributed by atoms with Crippen LogP contribution in [0.2, 0.25) is 0 Å². The van der Waals surface area contributed by atoms with Crippen molar-refractivity contribution >= 4 is 23.0 Å². The number of rotatable bonds is 3. The molecule has 3 rings (SSSR count). The number of nitrogens with zero attached hydrogens (tertiary/aromatic N) is 3. The average Bonchev–Trinajstić information content (AvgIpc) is 2.49. The van der Waals surface area contributed by atoms with E-state index in [0.29, 0.717) is 11.5 Å². The van der Waals surface area contributed by atoms with E-state index in [1.807, 2.05) is 6.92 Å². The van der Waals surface area contributed by atoms with Gasteiger partial charge in [-0.3, -0.25) is 0 Å². The van der Waals surface area contributed by atoms with E-state index in [-0.39, 0.29) is 0 Å². The average molecular weight is 269 g/mol. The SMILES string of the molecule is CCNc1ncnc(N2CCCc3ccccc32)c1N. The van der Waals surface area contributed by atoms with Gasteiger partial charge in [0.05, 0.1) is 0 Å². The molecule has 3 N–H and O–H groups in total. The number of benzene rings is 1. The van der Waals surface area contributed by atoms with Crippen molar-refractivity contribution in [2.24, 2.45) is 0 Å². The van der Waals surface area contributed by atoms with E-state index in [9.17, 15) is 0 Å². The maximum Gasteiger partial charge on any atom is 0.161 e. The minimum absolute atomic E-state index is 0.617. The highest BCUT2D eigenvalue weighted by atomic mass is 15.2. The zero-order valence-electron chi connectivity index (χ0n) is 11.6. The summed E-state index contributed by atoms with van der Waals surface area (Å²) >= 11 is 0. The van der Waals surface area contributed by atoms with Crippen LogP contribution in [0.15, 0.2) is 30.6 Å². The third-order valence-corrected chi connectivity index (χ3v) is 3.57. The smallest absolute Gasteiger partial charge is 0.161 e. The highest BCUT2D eigenvalue weighted by Gasteiger charge is 2.21. The van der Waals surface area contributed by atoms with E-state index in [2.05, 4.69) is 44.5 Å². The van der Waals surface area contributed by atoms with Crippen LogP contribution in [0, 0.1) is 0 Å². The van der Waals surface area contributed by atoms with Crippen LogP contribution in [0.5, 0.6) is 0 Å². The molecule has 0 bridgehead atoms. The van der Waals surface area contributed by atoms with Crippen molar-refractivity contribution < 1.29 is 0 Å². The van der Waals surface area contributed by atoms with Crippen LogP contribution in [0.1, 0.15) is 18.9 Å². The number of nitrogens with one attached hydrogen (secondary N) is 1. The first kappa shape index (κ1) is 12.7. The maximum atomic E-state index is 6.23. The molecule has 0 saturated carbocycles. The number of fused-ring (bicyclic) bond motifs is 1. The zero-order valence-corrected chi connectivity index (χ0v) is 11.6. The Kier molecular flexibility index (Phi) is 3.41. The Bertz CT molecular complexity index is 611. The topological polar surface area (TPSA) is 67.1 Å². The fourth-order valence-electron chi connectivity index (χ4n) is 2.66. The third kappa shape index (κ3) is 2.15. The minimum atomic E-state index is 0.617. The molecule has 2 heterocycles. The molecule has 104 valence electrons. The molecule has 0 spiro atoms. The Morgan fingerprint density at radius 2 is 2.15 bits per heavy atom. The predicted molar refractivity (Wildman–Crippen MR) is 82.4 cm³/mol. The molecule has 0 radical (unpaired) electrons. The maximum absolute atomic E-state index is 6.23. The fourth-order valence-corrected chi connectivity index (χ4v) is 2.66. The molecule has 0 aliphatic carbocycles. The van der Waals surface area contributed by atoms with Gasteiger partial charge in [0.1, 0.15) is 12.0 Å². The molecule has 0 fully saturated rings. The summed E-state index contributed by atoms with van der Waals surface area (Å²) in [6.45, 7) is 3.75. The second-order valence-corrected chi connectivity index (χ2v) is 4.87. The Morgan fingerprint density at radius 1 is 1.30 bits per heavy atom. The lowest BCUT2D eigenvalue weighted by Gasteiger charge is -2.31. The van der Waals surface area contributed by atoms with Gasteiger partial charge in [-0.15, -0.1) is 0 Å². The van der Waals surface area contributed by atoms with Crippen molar-refractivity contribution in [1.29, 1.82) is 0 Å². The van der Waals surface area contributed by atoms with Crippen molar-refractivity contribution in [3.8, 4) is 0 Å². The van der Waals surface area contributed by atoms with Crippen LogP contribution in [0.25, 0.3) is 0 Å². The lowest BCUT2D eigenvalue weighted by molar-refractivity contribution is 0.759. The summed E-state index contributed by atoms with van der Waals surface area (Å²) in [5.41, 5.74) is 9.39. The number of para-hydroxylation sites is 1. The van der Waals surface area contributed by atoms with Crippen molar-refractivity contribution in [2.75, 3.05) is 29.0 Å². The number of nitrogens with two attached hydrogens (primary N) is 1. The third-order valence-electron chi connectivity index (χ3n) is 3.57. The zero-order chi connectivity index (χ0) is 13.9. The monoisotopic (exact) mass is 269 g/mol. The molecule has 1 aromatic heterocycles. The van der Waals surface area contributed by atoms with Gasteiger partial charge in [-0.1, -0.05) is 18.2 Å². The molecule has 5 heteroatoms.